The maximum Gasteiger partial charge on any atom is 0.0583 e. The molecule has 0 aliphatic rings. The van der Waals surface area contributed by atoms with Crippen LogP contribution in [0.2, 0.25) is 0 Å². The van der Waals surface area contributed by atoms with Gasteiger partial charge in [0.15, 0.2) is 0 Å². The smallest absolute Gasteiger partial charge is 0.0583 e. The van der Waals surface area contributed by atoms with Gasteiger partial charge in [0.2, 0.25) is 0 Å². The molecule has 0 fully saturated rings. The van der Waals surface area contributed by atoms with Crippen LogP contribution in [0.4, 0.5) is 11.4 Å². The van der Waals surface area contributed by atoms with Gasteiger partial charge in [-0.05, 0) is 30.0 Å². The molecule has 0 aliphatic heterocycles. The molecule has 0 spiro atoms. The molecule has 0 aromatic heterocycles. The standard InChI is InChI=1S/C10H16N2O2/c11-9-2-1-7(3-5-13)8(4-6-14)10(9)12/h1-2,13-14H,3-6,11-12H2. The van der Waals surface area contributed by atoms with Crippen molar-refractivity contribution in [3.05, 3.63) is 23.3 Å². The molecule has 4 nitrogen and oxygen atoms in total. The molecule has 0 saturated heterocycles. The second-order valence-corrected chi connectivity index (χ2v) is 3.15. The maximum absolute atomic E-state index is 8.87. The Kier molecular flexibility index (Phi) is 3.73. The van der Waals surface area contributed by atoms with Gasteiger partial charge in [-0.15, -0.1) is 0 Å². The van der Waals surface area contributed by atoms with Crippen LogP contribution in [0.25, 0.3) is 0 Å². The quantitative estimate of drug-likeness (QED) is 0.507. The second kappa shape index (κ2) is 4.83. The third-order valence-corrected chi connectivity index (χ3v) is 2.23. The predicted octanol–water partition coefficient (Wildman–Crippen LogP) is -0.0794. The van der Waals surface area contributed by atoms with Crippen molar-refractivity contribution < 1.29 is 10.2 Å². The van der Waals surface area contributed by atoms with Crippen LogP contribution in [0.1, 0.15) is 11.1 Å². The molecule has 4 heteroatoms. The summed E-state index contributed by atoms with van der Waals surface area (Å²) >= 11 is 0. The summed E-state index contributed by atoms with van der Waals surface area (Å²) in [6.07, 6.45) is 1.02. The Labute approximate surface area is 83.2 Å². The summed E-state index contributed by atoms with van der Waals surface area (Å²) < 4.78 is 0. The molecule has 1 rings (SSSR count). The summed E-state index contributed by atoms with van der Waals surface area (Å²) in [5.41, 5.74) is 14.3. The van der Waals surface area contributed by atoms with Crippen molar-refractivity contribution in [1.82, 2.24) is 0 Å². The fourth-order valence-electron chi connectivity index (χ4n) is 1.49. The number of hydrogen-bond donors (Lipinski definition) is 4. The molecule has 0 radical (unpaired) electrons. The zero-order valence-electron chi connectivity index (χ0n) is 8.03. The molecule has 0 aliphatic carbocycles. The number of nitrogens with two attached hydrogens (primary N) is 2. The molecule has 0 amide bonds. The number of benzene rings is 1. The van der Waals surface area contributed by atoms with E-state index in [2.05, 4.69) is 0 Å². The monoisotopic (exact) mass is 196 g/mol. The summed E-state index contributed by atoms with van der Waals surface area (Å²) in [7, 11) is 0. The molecule has 0 unspecified atom stereocenters. The average molecular weight is 196 g/mol. The summed E-state index contributed by atoms with van der Waals surface area (Å²) in [6, 6.07) is 3.56. The van der Waals surface area contributed by atoms with Crippen LogP contribution in [0.3, 0.4) is 0 Å². The van der Waals surface area contributed by atoms with E-state index in [4.69, 9.17) is 21.7 Å². The van der Waals surface area contributed by atoms with Gasteiger partial charge >= 0.3 is 0 Å². The Morgan fingerprint density at radius 3 is 2.21 bits per heavy atom. The maximum atomic E-state index is 8.87. The Morgan fingerprint density at radius 2 is 1.64 bits per heavy atom. The first-order valence-electron chi connectivity index (χ1n) is 4.58. The normalized spacial score (nSPS) is 10.4. The van der Waals surface area contributed by atoms with E-state index >= 15 is 0 Å². The van der Waals surface area contributed by atoms with Crippen LogP contribution in [-0.2, 0) is 12.8 Å². The van der Waals surface area contributed by atoms with Crippen molar-refractivity contribution >= 4 is 11.4 Å². The molecule has 78 valence electrons. The third-order valence-electron chi connectivity index (χ3n) is 2.23. The van der Waals surface area contributed by atoms with E-state index in [0.717, 1.165) is 11.1 Å². The molecule has 14 heavy (non-hydrogen) atoms. The van der Waals surface area contributed by atoms with Crippen molar-refractivity contribution in [3.63, 3.8) is 0 Å². The highest BCUT2D eigenvalue weighted by Gasteiger charge is 2.08. The molecule has 0 saturated carbocycles. The van der Waals surface area contributed by atoms with Crippen LogP contribution in [0.15, 0.2) is 12.1 Å². The average Bonchev–Trinajstić information content (AvgIpc) is 2.18. The number of hydrogen-bond acceptors (Lipinski definition) is 4. The molecule has 0 heterocycles. The Bertz CT molecular complexity index is 313. The molecule has 0 bridgehead atoms. The van der Waals surface area contributed by atoms with E-state index in [1.807, 2.05) is 6.07 Å². The first-order valence-corrected chi connectivity index (χ1v) is 4.58. The van der Waals surface area contributed by atoms with E-state index in [1.165, 1.54) is 0 Å². The zero-order chi connectivity index (χ0) is 10.6. The van der Waals surface area contributed by atoms with Gasteiger partial charge in [-0.1, -0.05) is 6.07 Å². The van der Waals surface area contributed by atoms with Crippen LogP contribution in [0.5, 0.6) is 0 Å². The third kappa shape index (κ3) is 2.16. The predicted molar refractivity (Wildman–Crippen MR) is 56.8 cm³/mol. The highest BCUT2D eigenvalue weighted by molar-refractivity contribution is 5.69. The second-order valence-electron chi connectivity index (χ2n) is 3.15. The lowest BCUT2D eigenvalue weighted by molar-refractivity contribution is 0.293. The Balaban J connectivity index is 3.08. The zero-order valence-corrected chi connectivity index (χ0v) is 8.03. The van der Waals surface area contributed by atoms with Gasteiger partial charge in [-0.3, -0.25) is 0 Å². The number of anilines is 2. The SMILES string of the molecule is Nc1ccc(CCO)c(CCO)c1N. The van der Waals surface area contributed by atoms with Gasteiger partial charge < -0.3 is 21.7 Å². The molecule has 0 atom stereocenters. The fraction of sp³-hybridized carbons (Fsp3) is 0.400. The van der Waals surface area contributed by atoms with Crippen molar-refractivity contribution in [3.8, 4) is 0 Å². The summed E-state index contributed by atoms with van der Waals surface area (Å²) in [6.45, 7) is 0.105. The van der Waals surface area contributed by atoms with Gasteiger partial charge in [0.25, 0.3) is 0 Å². The summed E-state index contributed by atoms with van der Waals surface area (Å²) in [5, 5.41) is 17.7. The lowest BCUT2D eigenvalue weighted by Gasteiger charge is -2.12. The highest BCUT2D eigenvalue weighted by atomic mass is 16.3. The van der Waals surface area contributed by atoms with Crippen LogP contribution < -0.4 is 11.5 Å². The van der Waals surface area contributed by atoms with Crippen molar-refractivity contribution in [2.24, 2.45) is 0 Å². The number of rotatable bonds is 4. The van der Waals surface area contributed by atoms with Gasteiger partial charge in [-0.2, -0.15) is 0 Å². The van der Waals surface area contributed by atoms with Gasteiger partial charge in [0.1, 0.15) is 0 Å². The number of aliphatic hydroxyl groups excluding tert-OH is 2. The van der Waals surface area contributed by atoms with Gasteiger partial charge in [0, 0.05) is 13.2 Å². The van der Waals surface area contributed by atoms with Gasteiger partial charge in [0.05, 0.1) is 11.4 Å². The molecule has 6 N–H and O–H groups in total. The van der Waals surface area contributed by atoms with Crippen LogP contribution in [0, 0.1) is 0 Å². The first kappa shape index (κ1) is 10.8. The lowest BCUT2D eigenvalue weighted by atomic mass is 9.99. The number of nitrogen functional groups attached to an aromatic ring is 2. The van der Waals surface area contributed by atoms with E-state index in [1.54, 1.807) is 6.07 Å². The minimum atomic E-state index is 0.0338. The summed E-state index contributed by atoms with van der Waals surface area (Å²) in [5.74, 6) is 0. The van der Waals surface area contributed by atoms with E-state index in [9.17, 15) is 0 Å². The van der Waals surface area contributed by atoms with E-state index in [0.29, 0.717) is 24.2 Å². The molecular weight excluding hydrogens is 180 g/mol. The first-order chi connectivity index (χ1) is 6.70. The lowest BCUT2D eigenvalue weighted by Crippen LogP contribution is -2.07. The van der Waals surface area contributed by atoms with Crippen LogP contribution in [-0.4, -0.2) is 23.4 Å². The van der Waals surface area contributed by atoms with Crippen molar-refractivity contribution in [2.75, 3.05) is 24.7 Å². The van der Waals surface area contributed by atoms with Crippen molar-refractivity contribution in [1.29, 1.82) is 0 Å². The van der Waals surface area contributed by atoms with Crippen LogP contribution >= 0.6 is 0 Å². The van der Waals surface area contributed by atoms with E-state index in [-0.39, 0.29) is 13.2 Å². The largest absolute Gasteiger partial charge is 0.397 e. The minimum Gasteiger partial charge on any atom is -0.397 e. The van der Waals surface area contributed by atoms with E-state index < -0.39 is 0 Å². The topological polar surface area (TPSA) is 92.5 Å². The highest BCUT2D eigenvalue weighted by Crippen LogP contribution is 2.24. The molecule has 1 aromatic rings. The summed E-state index contributed by atoms with van der Waals surface area (Å²) in [4.78, 5) is 0. The van der Waals surface area contributed by atoms with Gasteiger partial charge in [-0.25, -0.2) is 0 Å². The Morgan fingerprint density at radius 1 is 1.00 bits per heavy atom. The molecule has 1 aromatic carbocycles. The number of aliphatic hydroxyl groups is 2. The Hall–Kier alpha value is -1.26. The van der Waals surface area contributed by atoms with Crippen molar-refractivity contribution in [2.45, 2.75) is 12.8 Å². The fourth-order valence-corrected chi connectivity index (χ4v) is 1.49. The minimum absolute atomic E-state index is 0.0338. The molecular formula is C10H16N2O2.